The lowest BCUT2D eigenvalue weighted by Crippen LogP contribution is -2.49. The number of rotatable bonds is 6. The molecule has 2 aliphatic rings. The summed E-state index contributed by atoms with van der Waals surface area (Å²) in [6, 6.07) is 10.8. The molecular formula is C21H33ClN2O2. The molecule has 1 heterocycles. The lowest BCUT2D eigenvalue weighted by atomic mass is 9.73. The molecule has 2 fully saturated rings. The third kappa shape index (κ3) is 5.45. The molecule has 1 saturated carbocycles. The van der Waals surface area contributed by atoms with E-state index in [1.807, 2.05) is 18.2 Å². The first-order chi connectivity index (χ1) is 12.3. The van der Waals surface area contributed by atoms with Crippen molar-refractivity contribution in [1.29, 1.82) is 0 Å². The fourth-order valence-corrected chi connectivity index (χ4v) is 4.23. The molecule has 1 aliphatic heterocycles. The zero-order valence-electron chi connectivity index (χ0n) is 15.7. The zero-order chi connectivity index (χ0) is 17.4. The van der Waals surface area contributed by atoms with E-state index < -0.39 is 5.41 Å². The third-order valence-corrected chi connectivity index (χ3v) is 5.81. The molecule has 146 valence electrons. The Kier molecular flexibility index (Phi) is 8.89. The van der Waals surface area contributed by atoms with Gasteiger partial charge in [-0.2, -0.15) is 0 Å². The molecule has 0 aromatic heterocycles. The molecule has 3 rings (SSSR count). The summed E-state index contributed by atoms with van der Waals surface area (Å²) in [6.45, 7) is 2.87. The molecule has 1 aromatic rings. The molecule has 0 unspecified atom stereocenters. The van der Waals surface area contributed by atoms with Crippen molar-refractivity contribution in [1.82, 2.24) is 10.6 Å². The summed E-state index contributed by atoms with van der Waals surface area (Å²) in [7, 11) is 0. The molecule has 1 saturated heterocycles. The number of amides is 1. The largest absolute Gasteiger partial charge is 0.381 e. The highest BCUT2D eigenvalue weighted by Crippen LogP contribution is 2.35. The summed E-state index contributed by atoms with van der Waals surface area (Å²) in [5.74, 6) is 0.157. The van der Waals surface area contributed by atoms with Gasteiger partial charge in [0.1, 0.15) is 0 Å². The standard InChI is InChI=1S/C21H32N2O2.ClH/c24-20(23-15-14-22-19-10-6-1-2-7-11-19)21(12-16-25-17-13-21)18-8-4-3-5-9-18;/h3-5,8-9,19,22H,1-2,6-7,10-17H2,(H,23,24);1H. The van der Waals surface area contributed by atoms with Crippen molar-refractivity contribution < 1.29 is 9.53 Å². The Morgan fingerprint density at radius 1 is 1.00 bits per heavy atom. The maximum atomic E-state index is 13.0. The maximum Gasteiger partial charge on any atom is 0.230 e. The Balaban J connectivity index is 0.00000243. The topological polar surface area (TPSA) is 50.4 Å². The van der Waals surface area contributed by atoms with Gasteiger partial charge >= 0.3 is 0 Å². The van der Waals surface area contributed by atoms with Crippen molar-refractivity contribution in [3.8, 4) is 0 Å². The second kappa shape index (κ2) is 10.9. The highest BCUT2D eigenvalue weighted by molar-refractivity contribution is 5.88. The number of carbonyl (C=O) groups is 1. The molecule has 2 N–H and O–H groups in total. The Bertz CT molecular complexity index is 524. The SMILES string of the molecule is Cl.O=C(NCCNC1CCCCCC1)C1(c2ccccc2)CCOCC1. The first kappa shape index (κ1) is 21.2. The average molecular weight is 381 g/mol. The van der Waals surface area contributed by atoms with E-state index in [0.29, 0.717) is 25.8 Å². The molecule has 4 nitrogen and oxygen atoms in total. The van der Waals surface area contributed by atoms with Gasteiger partial charge in [0, 0.05) is 32.3 Å². The minimum absolute atomic E-state index is 0. The second-order valence-corrected chi connectivity index (χ2v) is 7.46. The summed E-state index contributed by atoms with van der Waals surface area (Å²) in [4.78, 5) is 13.0. The van der Waals surface area contributed by atoms with E-state index in [4.69, 9.17) is 4.74 Å². The van der Waals surface area contributed by atoms with Crippen LogP contribution in [-0.4, -0.2) is 38.3 Å². The minimum atomic E-state index is -0.429. The van der Waals surface area contributed by atoms with Gasteiger partial charge in [-0.05, 0) is 31.2 Å². The van der Waals surface area contributed by atoms with Crippen LogP contribution in [0.4, 0.5) is 0 Å². The smallest absolute Gasteiger partial charge is 0.230 e. The molecule has 0 bridgehead atoms. The average Bonchev–Trinajstić information content (AvgIpc) is 2.95. The number of hydrogen-bond acceptors (Lipinski definition) is 3. The Hall–Kier alpha value is -1.10. The first-order valence-electron chi connectivity index (χ1n) is 9.96. The Morgan fingerprint density at radius 3 is 2.31 bits per heavy atom. The van der Waals surface area contributed by atoms with E-state index in [0.717, 1.165) is 24.9 Å². The van der Waals surface area contributed by atoms with Gasteiger partial charge in [0.15, 0.2) is 0 Å². The first-order valence-corrected chi connectivity index (χ1v) is 9.96. The molecule has 1 amide bonds. The summed E-state index contributed by atoms with van der Waals surface area (Å²) in [6.07, 6.45) is 9.49. The molecule has 5 heteroatoms. The molecule has 0 atom stereocenters. The molecule has 0 radical (unpaired) electrons. The molecule has 26 heavy (non-hydrogen) atoms. The van der Waals surface area contributed by atoms with E-state index in [-0.39, 0.29) is 18.3 Å². The highest BCUT2D eigenvalue weighted by Gasteiger charge is 2.41. The van der Waals surface area contributed by atoms with Crippen LogP contribution in [0.2, 0.25) is 0 Å². The van der Waals surface area contributed by atoms with Gasteiger partial charge in [-0.15, -0.1) is 12.4 Å². The summed E-state index contributed by atoms with van der Waals surface area (Å²) < 4.78 is 5.52. The summed E-state index contributed by atoms with van der Waals surface area (Å²) >= 11 is 0. The minimum Gasteiger partial charge on any atom is -0.381 e. The normalized spacial score (nSPS) is 20.6. The van der Waals surface area contributed by atoms with Gasteiger partial charge in [0.05, 0.1) is 5.41 Å². The van der Waals surface area contributed by atoms with Crippen LogP contribution in [0.1, 0.15) is 56.9 Å². The second-order valence-electron chi connectivity index (χ2n) is 7.46. The predicted molar refractivity (Wildman–Crippen MR) is 108 cm³/mol. The number of ether oxygens (including phenoxy) is 1. The van der Waals surface area contributed by atoms with Crippen molar-refractivity contribution in [3.05, 3.63) is 35.9 Å². The predicted octanol–water partition coefficient (Wildman–Crippen LogP) is 3.59. The number of nitrogens with one attached hydrogen (secondary N) is 2. The lowest BCUT2D eigenvalue weighted by Gasteiger charge is -2.36. The van der Waals surface area contributed by atoms with E-state index in [2.05, 4.69) is 22.8 Å². The van der Waals surface area contributed by atoms with E-state index >= 15 is 0 Å². The van der Waals surface area contributed by atoms with Crippen LogP contribution in [-0.2, 0) is 14.9 Å². The van der Waals surface area contributed by atoms with Crippen molar-refractivity contribution in [2.24, 2.45) is 0 Å². The Morgan fingerprint density at radius 2 is 1.65 bits per heavy atom. The summed E-state index contributed by atoms with van der Waals surface area (Å²) in [5.41, 5.74) is 0.689. The van der Waals surface area contributed by atoms with E-state index in [9.17, 15) is 4.79 Å². The number of carbonyl (C=O) groups excluding carboxylic acids is 1. The van der Waals surface area contributed by atoms with Crippen molar-refractivity contribution in [2.75, 3.05) is 26.3 Å². The van der Waals surface area contributed by atoms with Crippen LogP contribution in [0.5, 0.6) is 0 Å². The van der Waals surface area contributed by atoms with Crippen molar-refractivity contribution in [3.63, 3.8) is 0 Å². The van der Waals surface area contributed by atoms with Crippen LogP contribution in [0, 0.1) is 0 Å². The monoisotopic (exact) mass is 380 g/mol. The fourth-order valence-electron chi connectivity index (χ4n) is 4.23. The zero-order valence-corrected chi connectivity index (χ0v) is 16.5. The van der Waals surface area contributed by atoms with Gasteiger partial charge in [-0.3, -0.25) is 4.79 Å². The number of hydrogen-bond donors (Lipinski definition) is 2. The van der Waals surface area contributed by atoms with Crippen LogP contribution >= 0.6 is 12.4 Å². The van der Waals surface area contributed by atoms with Gasteiger partial charge in [0.25, 0.3) is 0 Å². The van der Waals surface area contributed by atoms with Gasteiger partial charge in [0.2, 0.25) is 5.91 Å². The van der Waals surface area contributed by atoms with E-state index in [1.54, 1.807) is 0 Å². The van der Waals surface area contributed by atoms with Crippen LogP contribution in [0.25, 0.3) is 0 Å². The number of benzene rings is 1. The fraction of sp³-hybridized carbons (Fsp3) is 0.667. The number of halogens is 1. The van der Waals surface area contributed by atoms with E-state index in [1.165, 1.54) is 38.5 Å². The van der Waals surface area contributed by atoms with Crippen molar-refractivity contribution in [2.45, 2.75) is 62.8 Å². The highest BCUT2D eigenvalue weighted by atomic mass is 35.5. The Labute approximate surface area is 163 Å². The molecule has 0 spiro atoms. The lowest BCUT2D eigenvalue weighted by molar-refractivity contribution is -0.130. The third-order valence-electron chi connectivity index (χ3n) is 5.81. The van der Waals surface area contributed by atoms with Gasteiger partial charge < -0.3 is 15.4 Å². The van der Waals surface area contributed by atoms with Crippen LogP contribution in [0.3, 0.4) is 0 Å². The molecule has 1 aliphatic carbocycles. The quantitative estimate of drug-likeness (QED) is 0.585. The van der Waals surface area contributed by atoms with Crippen LogP contribution < -0.4 is 10.6 Å². The molecule has 1 aromatic carbocycles. The summed E-state index contributed by atoms with van der Waals surface area (Å²) in [5, 5.41) is 6.82. The molecular weight excluding hydrogens is 348 g/mol. The van der Waals surface area contributed by atoms with Gasteiger partial charge in [-0.25, -0.2) is 0 Å². The van der Waals surface area contributed by atoms with Crippen molar-refractivity contribution >= 4 is 18.3 Å². The van der Waals surface area contributed by atoms with Gasteiger partial charge in [-0.1, -0.05) is 56.0 Å². The van der Waals surface area contributed by atoms with Crippen LogP contribution in [0.15, 0.2) is 30.3 Å². The maximum absolute atomic E-state index is 13.0.